The van der Waals surface area contributed by atoms with Gasteiger partial charge in [-0.05, 0) is 44.9 Å². The molecule has 0 N–H and O–H groups in total. The van der Waals surface area contributed by atoms with E-state index >= 15 is 0 Å². The van der Waals surface area contributed by atoms with Crippen LogP contribution >= 0.6 is 69.6 Å². The molecule has 1 spiro atoms. The number of alkyl halides is 6. The molecule has 2 bridgehead atoms. The van der Waals surface area contributed by atoms with Crippen LogP contribution in [-0.2, 0) is 4.84 Å². The predicted octanol–water partition coefficient (Wildman–Crippen LogP) is 7.72. The van der Waals surface area contributed by atoms with Crippen molar-refractivity contribution in [2.45, 2.75) is 83.1 Å². The second kappa shape index (κ2) is 9.10. The first kappa shape index (κ1) is 22.8. The Bertz CT molecular complexity index is 566. The third kappa shape index (κ3) is 5.85. The molecule has 3 fully saturated rings. The molecule has 1 aliphatic carbocycles. The predicted molar refractivity (Wildman–Crippen MR) is 117 cm³/mol. The van der Waals surface area contributed by atoms with E-state index in [1.165, 1.54) is 12.8 Å². The maximum atomic E-state index is 6.46. The normalized spacial score (nSPS) is 35.3. The van der Waals surface area contributed by atoms with E-state index in [1.807, 2.05) is 12.2 Å². The standard InChI is InChI=1S/C19H25Cl6NO/c20-18(21,22)12-2-1-6-14-7-3-10-17-11-5-9-16(27-26(14)17)15(17)8-4-13-19(23,24)25/h1-2,4,8,14-16H,3,5-7,9-13H2/b2-1-,8-4-/t14-,15?,16?,17?/m1/s1. The van der Waals surface area contributed by atoms with Crippen molar-refractivity contribution in [3.8, 4) is 0 Å². The molecule has 3 unspecified atom stereocenters. The van der Waals surface area contributed by atoms with Crippen LogP contribution in [0.3, 0.4) is 0 Å². The highest BCUT2D eigenvalue weighted by molar-refractivity contribution is 6.68. The van der Waals surface area contributed by atoms with Crippen molar-refractivity contribution in [3.63, 3.8) is 0 Å². The number of hydroxylamine groups is 2. The second-order valence-corrected chi connectivity index (χ2v) is 12.8. The van der Waals surface area contributed by atoms with E-state index in [2.05, 4.69) is 17.2 Å². The Hall–Kier alpha value is 1.14. The summed E-state index contributed by atoms with van der Waals surface area (Å²) in [6, 6.07) is 0.359. The molecule has 27 heavy (non-hydrogen) atoms. The molecule has 4 atom stereocenters. The molecule has 0 radical (unpaired) electrons. The summed E-state index contributed by atoms with van der Waals surface area (Å²) in [6.45, 7) is 0. The highest BCUT2D eigenvalue weighted by Crippen LogP contribution is 2.54. The molecule has 3 aliphatic rings. The van der Waals surface area contributed by atoms with Crippen LogP contribution in [0.5, 0.6) is 0 Å². The summed E-state index contributed by atoms with van der Waals surface area (Å²) in [5.41, 5.74) is 0.0684. The number of nitrogens with zero attached hydrogens (tertiary/aromatic N) is 1. The molecule has 2 nitrogen and oxygen atoms in total. The molecular formula is C19H25Cl6NO. The van der Waals surface area contributed by atoms with Crippen molar-refractivity contribution in [3.05, 3.63) is 24.3 Å². The number of hydrogen-bond donors (Lipinski definition) is 0. The fourth-order valence-corrected chi connectivity index (χ4v) is 5.41. The van der Waals surface area contributed by atoms with Crippen LogP contribution < -0.4 is 0 Å². The molecule has 0 aromatic rings. The average molecular weight is 496 g/mol. The summed E-state index contributed by atoms with van der Waals surface area (Å²) in [7, 11) is 0. The van der Waals surface area contributed by atoms with Gasteiger partial charge in [0.2, 0.25) is 0 Å². The smallest absolute Gasteiger partial charge is 0.194 e. The van der Waals surface area contributed by atoms with Crippen LogP contribution in [-0.4, -0.2) is 30.3 Å². The lowest BCUT2D eigenvalue weighted by Gasteiger charge is -2.48. The summed E-state index contributed by atoms with van der Waals surface area (Å²) in [4.78, 5) is 6.46. The molecule has 2 heterocycles. The molecule has 0 amide bonds. The highest BCUT2D eigenvalue weighted by Gasteiger charge is 2.58. The van der Waals surface area contributed by atoms with Gasteiger partial charge in [-0.2, -0.15) is 5.06 Å². The molecule has 1 saturated carbocycles. The van der Waals surface area contributed by atoms with Gasteiger partial charge in [-0.1, -0.05) is 93.9 Å². The van der Waals surface area contributed by atoms with Crippen LogP contribution in [0.15, 0.2) is 24.3 Å². The molecule has 0 aromatic carbocycles. The van der Waals surface area contributed by atoms with Gasteiger partial charge in [-0.15, -0.1) is 0 Å². The average Bonchev–Trinajstić information content (AvgIpc) is 2.72. The lowest BCUT2D eigenvalue weighted by atomic mass is 9.67. The van der Waals surface area contributed by atoms with E-state index in [0.717, 1.165) is 32.1 Å². The Morgan fingerprint density at radius 3 is 2.19 bits per heavy atom. The Balaban J connectivity index is 1.69. The fraction of sp³-hybridized carbons (Fsp3) is 0.789. The molecule has 2 saturated heterocycles. The van der Waals surface area contributed by atoms with E-state index in [1.54, 1.807) is 0 Å². The van der Waals surface area contributed by atoms with E-state index in [0.29, 0.717) is 24.8 Å². The summed E-state index contributed by atoms with van der Waals surface area (Å²) in [5, 5.41) is 2.30. The molecule has 2 aliphatic heterocycles. The number of piperidine rings is 1. The topological polar surface area (TPSA) is 12.5 Å². The number of rotatable bonds is 5. The third-order valence-corrected chi connectivity index (χ3v) is 6.83. The Kier molecular flexibility index (Phi) is 7.69. The van der Waals surface area contributed by atoms with Gasteiger partial charge in [-0.3, -0.25) is 4.84 Å². The quantitative estimate of drug-likeness (QED) is 0.286. The molecule has 154 valence electrons. The lowest BCUT2D eigenvalue weighted by Crippen LogP contribution is -2.55. The zero-order valence-corrected chi connectivity index (χ0v) is 19.6. The van der Waals surface area contributed by atoms with Gasteiger partial charge in [0.05, 0.1) is 11.6 Å². The Labute approximate surface area is 192 Å². The zero-order chi connectivity index (χ0) is 19.7. The second-order valence-electron chi connectivity index (χ2n) is 7.81. The van der Waals surface area contributed by atoms with Gasteiger partial charge in [0.1, 0.15) is 0 Å². The summed E-state index contributed by atoms with van der Waals surface area (Å²) >= 11 is 35.2. The summed E-state index contributed by atoms with van der Waals surface area (Å²) in [5.74, 6) is 0.353. The van der Waals surface area contributed by atoms with Crippen LogP contribution in [0.1, 0.15) is 57.8 Å². The number of fused-ring (bicyclic) bond motifs is 1. The van der Waals surface area contributed by atoms with E-state index in [9.17, 15) is 0 Å². The van der Waals surface area contributed by atoms with Crippen LogP contribution in [0, 0.1) is 5.92 Å². The van der Waals surface area contributed by atoms with Crippen molar-refractivity contribution in [1.82, 2.24) is 5.06 Å². The maximum absolute atomic E-state index is 6.46. The minimum atomic E-state index is -1.25. The van der Waals surface area contributed by atoms with Crippen molar-refractivity contribution < 1.29 is 4.84 Å². The Morgan fingerprint density at radius 2 is 1.52 bits per heavy atom. The Morgan fingerprint density at radius 1 is 0.889 bits per heavy atom. The summed E-state index contributed by atoms with van der Waals surface area (Å²) in [6.07, 6.45) is 17.2. The van der Waals surface area contributed by atoms with Crippen LogP contribution in [0.2, 0.25) is 0 Å². The van der Waals surface area contributed by atoms with Crippen LogP contribution in [0.4, 0.5) is 0 Å². The largest absolute Gasteiger partial charge is 0.294 e. The molecule has 8 heteroatoms. The van der Waals surface area contributed by atoms with Crippen molar-refractivity contribution in [1.29, 1.82) is 0 Å². The molecule has 0 aromatic heterocycles. The van der Waals surface area contributed by atoms with Gasteiger partial charge in [0, 0.05) is 24.8 Å². The lowest BCUT2D eigenvalue weighted by molar-refractivity contribution is -0.221. The minimum Gasteiger partial charge on any atom is -0.294 e. The van der Waals surface area contributed by atoms with Crippen molar-refractivity contribution in [2.24, 2.45) is 5.92 Å². The minimum absolute atomic E-state index is 0.0684. The van der Waals surface area contributed by atoms with E-state index in [4.69, 9.17) is 74.4 Å². The fourth-order valence-electron chi connectivity index (χ4n) is 4.88. The highest BCUT2D eigenvalue weighted by atomic mass is 35.6. The molecular weight excluding hydrogens is 471 g/mol. The molecule has 3 rings (SSSR count). The number of allylic oxidation sites excluding steroid dienone is 2. The first-order valence-electron chi connectivity index (χ1n) is 9.52. The van der Waals surface area contributed by atoms with Gasteiger partial charge >= 0.3 is 0 Å². The van der Waals surface area contributed by atoms with E-state index in [-0.39, 0.29) is 11.6 Å². The monoisotopic (exact) mass is 493 g/mol. The van der Waals surface area contributed by atoms with Crippen molar-refractivity contribution >= 4 is 69.6 Å². The SMILES string of the molecule is ClC(Cl)(Cl)C/C=C\C[C@@H]1CCCC23CCCC(ON12)C3/C=C\CC(Cl)(Cl)Cl. The third-order valence-electron chi connectivity index (χ3n) is 5.90. The number of halogens is 6. The zero-order valence-electron chi connectivity index (χ0n) is 15.0. The maximum Gasteiger partial charge on any atom is 0.194 e. The van der Waals surface area contributed by atoms with Gasteiger partial charge in [0.25, 0.3) is 0 Å². The first-order chi connectivity index (χ1) is 12.6. The first-order valence-corrected chi connectivity index (χ1v) is 11.8. The van der Waals surface area contributed by atoms with Gasteiger partial charge < -0.3 is 0 Å². The van der Waals surface area contributed by atoms with Gasteiger partial charge in [0.15, 0.2) is 7.59 Å². The number of hydrogen-bond acceptors (Lipinski definition) is 2. The van der Waals surface area contributed by atoms with E-state index < -0.39 is 7.59 Å². The van der Waals surface area contributed by atoms with Crippen molar-refractivity contribution in [2.75, 3.05) is 0 Å². The van der Waals surface area contributed by atoms with Crippen LogP contribution in [0.25, 0.3) is 0 Å². The summed E-state index contributed by atoms with van der Waals surface area (Å²) < 4.78 is -2.48. The van der Waals surface area contributed by atoms with Gasteiger partial charge in [-0.25, -0.2) is 0 Å².